The molecule has 0 unspecified atom stereocenters. The maximum absolute atomic E-state index is 10.8. The zero-order chi connectivity index (χ0) is 16.4. The number of aliphatic imine (C=N–C) groups is 1. The van der Waals surface area contributed by atoms with Crippen molar-refractivity contribution in [3.05, 3.63) is 71.8 Å². The van der Waals surface area contributed by atoms with Gasteiger partial charge < -0.3 is 5.11 Å². The molecule has 2 nitrogen and oxygen atoms in total. The van der Waals surface area contributed by atoms with Crippen molar-refractivity contribution in [3.63, 3.8) is 0 Å². The van der Waals surface area contributed by atoms with Gasteiger partial charge in [-0.1, -0.05) is 63.2 Å². The average Bonchev–Trinajstić information content (AvgIpc) is 2.52. The summed E-state index contributed by atoms with van der Waals surface area (Å²) in [5.74, 6) is 0.316. The van der Waals surface area contributed by atoms with Gasteiger partial charge in [0, 0.05) is 17.3 Å². The third-order valence-electron chi connectivity index (χ3n) is 3.91. The lowest BCUT2D eigenvalue weighted by Crippen LogP contribution is -2.13. The predicted molar refractivity (Wildman–Crippen MR) is 98.0 cm³/mol. The van der Waals surface area contributed by atoms with E-state index in [-0.39, 0.29) is 5.41 Å². The Labute approximate surface area is 137 Å². The van der Waals surface area contributed by atoms with Crippen LogP contribution in [0.3, 0.4) is 0 Å². The first kappa shape index (κ1) is 15.3. The van der Waals surface area contributed by atoms with Crippen LogP contribution in [-0.2, 0) is 5.41 Å². The molecule has 3 aromatic rings. The summed E-state index contributed by atoms with van der Waals surface area (Å²) in [6, 6.07) is 19.9. The number of benzene rings is 3. The van der Waals surface area contributed by atoms with Gasteiger partial charge >= 0.3 is 0 Å². The van der Waals surface area contributed by atoms with Gasteiger partial charge in [0.05, 0.1) is 5.69 Å². The molecule has 0 saturated heterocycles. The number of phenols is 1. The van der Waals surface area contributed by atoms with E-state index in [0.717, 1.165) is 27.6 Å². The summed E-state index contributed by atoms with van der Waals surface area (Å²) in [5.41, 5.74) is 2.43. The van der Waals surface area contributed by atoms with Gasteiger partial charge in [0.2, 0.25) is 0 Å². The van der Waals surface area contributed by atoms with Crippen LogP contribution in [0.1, 0.15) is 31.9 Å². The molecule has 3 aromatic carbocycles. The number of phenolic OH excluding ortho intramolecular Hbond substituents is 1. The topological polar surface area (TPSA) is 32.6 Å². The van der Waals surface area contributed by atoms with Crippen molar-refractivity contribution < 1.29 is 5.11 Å². The summed E-state index contributed by atoms with van der Waals surface area (Å²) in [7, 11) is 0. The molecule has 23 heavy (non-hydrogen) atoms. The zero-order valence-corrected chi connectivity index (χ0v) is 13.7. The monoisotopic (exact) mass is 303 g/mol. The molecule has 0 heterocycles. The fraction of sp³-hybridized carbons (Fsp3) is 0.190. The Balaban J connectivity index is 2.18. The van der Waals surface area contributed by atoms with Crippen LogP contribution in [0.25, 0.3) is 10.8 Å². The number of hydrogen-bond acceptors (Lipinski definition) is 2. The molecular weight excluding hydrogens is 282 g/mol. The first-order valence-corrected chi connectivity index (χ1v) is 7.81. The SMILES string of the molecule is CC(C)(C)c1c(O)c(C=Nc2ccccc2)cc2ccccc12. The van der Waals surface area contributed by atoms with Crippen LogP contribution in [0.4, 0.5) is 5.69 Å². The van der Waals surface area contributed by atoms with Crippen LogP contribution in [0, 0.1) is 0 Å². The molecule has 0 saturated carbocycles. The van der Waals surface area contributed by atoms with E-state index in [9.17, 15) is 5.11 Å². The van der Waals surface area contributed by atoms with Crippen LogP contribution < -0.4 is 0 Å². The Bertz CT molecular complexity index is 858. The number of hydrogen-bond donors (Lipinski definition) is 1. The van der Waals surface area contributed by atoms with Crippen LogP contribution in [-0.4, -0.2) is 11.3 Å². The van der Waals surface area contributed by atoms with Crippen molar-refractivity contribution in [2.24, 2.45) is 4.99 Å². The lowest BCUT2D eigenvalue weighted by Gasteiger charge is -2.24. The number of fused-ring (bicyclic) bond motifs is 1. The fourth-order valence-electron chi connectivity index (χ4n) is 2.87. The highest BCUT2D eigenvalue weighted by Gasteiger charge is 2.23. The van der Waals surface area contributed by atoms with Gasteiger partial charge in [-0.15, -0.1) is 0 Å². The van der Waals surface area contributed by atoms with Crippen molar-refractivity contribution in [2.75, 3.05) is 0 Å². The summed E-state index contributed by atoms with van der Waals surface area (Å²) in [6.07, 6.45) is 1.74. The molecule has 0 bridgehead atoms. The summed E-state index contributed by atoms with van der Waals surface area (Å²) < 4.78 is 0. The van der Waals surface area contributed by atoms with E-state index in [2.05, 4.69) is 37.9 Å². The van der Waals surface area contributed by atoms with Gasteiger partial charge in [-0.2, -0.15) is 0 Å². The molecule has 0 atom stereocenters. The second-order valence-electron chi connectivity index (χ2n) is 6.75. The van der Waals surface area contributed by atoms with Crippen LogP contribution >= 0.6 is 0 Å². The van der Waals surface area contributed by atoms with Gasteiger partial charge in [-0.25, -0.2) is 0 Å². The minimum Gasteiger partial charge on any atom is -0.507 e. The Kier molecular flexibility index (Phi) is 3.91. The van der Waals surface area contributed by atoms with Crippen LogP contribution in [0.5, 0.6) is 5.75 Å². The molecule has 0 aromatic heterocycles. The van der Waals surface area contributed by atoms with Crippen molar-refractivity contribution in [3.8, 4) is 5.75 Å². The van der Waals surface area contributed by atoms with Gasteiger partial charge in [0.1, 0.15) is 5.75 Å². The van der Waals surface area contributed by atoms with Crippen molar-refractivity contribution in [1.82, 2.24) is 0 Å². The molecule has 0 spiro atoms. The van der Waals surface area contributed by atoms with E-state index >= 15 is 0 Å². The number of para-hydroxylation sites is 1. The molecule has 116 valence electrons. The van der Waals surface area contributed by atoms with Gasteiger partial charge in [-0.05, 0) is 34.4 Å². The average molecular weight is 303 g/mol. The summed E-state index contributed by atoms with van der Waals surface area (Å²) >= 11 is 0. The highest BCUT2D eigenvalue weighted by Crippen LogP contribution is 2.39. The van der Waals surface area contributed by atoms with Gasteiger partial charge in [0.25, 0.3) is 0 Å². The molecule has 0 fully saturated rings. The molecule has 0 aliphatic heterocycles. The van der Waals surface area contributed by atoms with Crippen LogP contribution in [0.2, 0.25) is 0 Å². The van der Waals surface area contributed by atoms with E-state index in [1.807, 2.05) is 48.5 Å². The van der Waals surface area contributed by atoms with E-state index < -0.39 is 0 Å². The lowest BCUT2D eigenvalue weighted by atomic mass is 9.82. The van der Waals surface area contributed by atoms with Crippen molar-refractivity contribution in [2.45, 2.75) is 26.2 Å². The third-order valence-corrected chi connectivity index (χ3v) is 3.91. The fourth-order valence-corrected chi connectivity index (χ4v) is 2.87. The predicted octanol–water partition coefficient (Wildman–Crippen LogP) is 5.59. The van der Waals surface area contributed by atoms with E-state index in [4.69, 9.17) is 0 Å². The molecule has 2 heteroatoms. The van der Waals surface area contributed by atoms with Crippen molar-refractivity contribution >= 4 is 22.7 Å². The quantitative estimate of drug-likeness (QED) is 0.615. The van der Waals surface area contributed by atoms with E-state index in [1.54, 1.807) is 6.21 Å². The Morgan fingerprint density at radius 3 is 2.26 bits per heavy atom. The molecular formula is C21H21NO. The lowest BCUT2D eigenvalue weighted by molar-refractivity contribution is 0.448. The second kappa shape index (κ2) is 5.88. The normalized spacial score (nSPS) is 12.1. The zero-order valence-electron chi connectivity index (χ0n) is 13.7. The first-order chi connectivity index (χ1) is 11.0. The van der Waals surface area contributed by atoms with Gasteiger partial charge in [0.15, 0.2) is 0 Å². The minimum atomic E-state index is -0.152. The second-order valence-corrected chi connectivity index (χ2v) is 6.75. The molecule has 1 N–H and O–H groups in total. The highest BCUT2D eigenvalue weighted by atomic mass is 16.3. The number of aromatic hydroxyl groups is 1. The summed E-state index contributed by atoms with van der Waals surface area (Å²) in [5, 5.41) is 13.0. The molecule has 0 radical (unpaired) electrons. The maximum atomic E-state index is 10.8. The first-order valence-electron chi connectivity index (χ1n) is 7.81. The standard InChI is InChI=1S/C21H21NO/c1-21(2,3)19-18-12-8-7-9-15(18)13-16(20(19)23)14-22-17-10-5-4-6-11-17/h4-14,23H,1-3H3. The molecule has 0 aliphatic carbocycles. The summed E-state index contributed by atoms with van der Waals surface area (Å²) in [4.78, 5) is 4.48. The number of nitrogens with zero attached hydrogens (tertiary/aromatic N) is 1. The van der Waals surface area contributed by atoms with E-state index in [0.29, 0.717) is 5.75 Å². The molecule has 3 rings (SSSR count). The Morgan fingerprint density at radius 1 is 0.913 bits per heavy atom. The smallest absolute Gasteiger partial charge is 0.128 e. The highest BCUT2D eigenvalue weighted by molar-refractivity contribution is 5.97. The minimum absolute atomic E-state index is 0.152. The number of rotatable bonds is 2. The van der Waals surface area contributed by atoms with E-state index in [1.165, 1.54) is 0 Å². The van der Waals surface area contributed by atoms with Crippen LogP contribution in [0.15, 0.2) is 65.7 Å². The maximum Gasteiger partial charge on any atom is 0.128 e. The Morgan fingerprint density at radius 2 is 1.57 bits per heavy atom. The third kappa shape index (κ3) is 3.11. The molecule has 0 aliphatic rings. The Hall–Kier alpha value is -2.61. The van der Waals surface area contributed by atoms with Gasteiger partial charge in [-0.3, -0.25) is 4.99 Å². The van der Waals surface area contributed by atoms with Crippen molar-refractivity contribution in [1.29, 1.82) is 0 Å². The largest absolute Gasteiger partial charge is 0.507 e. The molecule has 0 amide bonds. The summed E-state index contributed by atoms with van der Waals surface area (Å²) in [6.45, 7) is 6.35.